The van der Waals surface area contributed by atoms with Gasteiger partial charge in [-0.1, -0.05) is 23.8 Å². The van der Waals surface area contributed by atoms with Gasteiger partial charge < -0.3 is 5.11 Å². The highest BCUT2D eigenvalue weighted by Gasteiger charge is 2.16. The molecule has 3 heteroatoms. The predicted octanol–water partition coefficient (Wildman–Crippen LogP) is 3.36. The van der Waals surface area contributed by atoms with Crippen molar-refractivity contribution in [2.24, 2.45) is 0 Å². The standard InChI is InChI=1S/C13H17FOS/c1-3-4-12(14)13(15)9-16-11-7-5-10(2)6-8-11/h3,5-8,12-13,15H,1,4,9H2,2H3/t12-,13+/m0/s1. The summed E-state index contributed by atoms with van der Waals surface area (Å²) >= 11 is 1.47. The molecule has 1 aromatic carbocycles. The van der Waals surface area contributed by atoms with Gasteiger partial charge in [0.1, 0.15) is 6.17 Å². The van der Waals surface area contributed by atoms with Gasteiger partial charge in [0.15, 0.2) is 0 Å². The smallest absolute Gasteiger partial charge is 0.130 e. The molecule has 0 amide bonds. The molecule has 1 aromatic rings. The molecule has 0 unspecified atom stereocenters. The first kappa shape index (κ1) is 13.3. The molecule has 1 N–H and O–H groups in total. The van der Waals surface area contributed by atoms with Gasteiger partial charge in [0.2, 0.25) is 0 Å². The van der Waals surface area contributed by atoms with Gasteiger partial charge in [0.25, 0.3) is 0 Å². The van der Waals surface area contributed by atoms with Crippen LogP contribution >= 0.6 is 11.8 Å². The van der Waals surface area contributed by atoms with Gasteiger partial charge in [-0.3, -0.25) is 0 Å². The summed E-state index contributed by atoms with van der Waals surface area (Å²) in [6.07, 6.45) is -0.445. The number of benzene rings is 1. The van der Waals surface area contributed by atoms with Crippen LogP contribution in [-0.4, -0.2) is 23.1 Å². The zero-order valence-corrected chi connectivity index (χ0v) is 10.2. The minimum absolute atomic E-state index is 0.204. The van der Waals surface area contributed by atoms with Gasteiger partial charge in [0, 0.05) is 10.6 Å². The Balaban J connectivity index is 2.39. The highest BCUT2D eigenvalue weighted by molar-refractivity contribution is 7.99. The van der Waals surface area contributed by atoms with E-state index in [1.807, 2.05) is 31.2 Å². The molecule has 1 nitrogen and oxygen atoms in total. The van der Waals surface area contributed by atoms with Gasteiger partial charge in [-0.25, -0.2) is 4.39 Å². The van der Waals surface area contributed by atoms with Crippen LogP contribution in [0.3, 0.4) is 0 Å². The third kappa shape index (κ3) is 4.37. The van der Waals surface area contributed by atoms with E-state index in [0.717, 1.165) is 4.90 Å². The Kier molecular flexibility index (Phi) is 5.56. The van der Waals surface area contributed by atoms with E-state index >= 15 is 0 Å². The number of halogens is 1. The van der Waals surface area contributed by atoms with Crippen LogP contribution in [0.1, 0.15) is 12.0 Å². The molecular formula is C13H17FOS. The fourth-order valence-corrected chi connectivity index (χ4v) is 2.14. The second-order valence-corrected chi connectivity index (χ2v) is 4.83. The largest absolute Gasteiger partial charge is 0.389 e. The lowest BCUT2D eigenvalue weighted by atomic mass is 10.2. The van der Waals surface area contributed by atoms with Gasteiger partial charge >= 0.3 is 0 Å². The molecule has 16 heavy (non-hydrogen) atoms. The summed E-state index contributed by atoms with van der Waals surface area (Å²) in [5, 5.41) is 9.52. The van der Waals surface area contributed by atoms with E-state index in [-0.39, 0.29) is 6.42 Å². The van der Waals surface area contributed by atoms with Crippen molar-refractivity contribution in [2.45, 2.75) is 30.5 Å². The van der Waals surface area contributed by atoms with Crippen LogP contribution in [0.5, 0.6) is 0 Å². The summed E-state index contributed by atoms with van der Waals surface area (Å²) in [6.45, 7) is 5.47. The fourth-order valence-electron chi connectivity index (χ4n) is 1.24. The van der Waals surface area contributed by atoms with E-state index < -0.39 is 12.3 Å². The van der Waals surface area contributed by atoms with E-state index in [4.69, 9.17) is 0 Å². The second kappa shape index (κ2) is 6.71. The summed E-state index contributed by atoms with van der Waals surface area (Å²) in [4.78, 5) is 1.05. The van der Waals surface area contributed by atoms with E-state index in [2.05, 4.69) is 6.58 Å². The molecule has 0 bridgehead atoms. The lowest BCUT2D eigenvalue weighted by molar-refractivity contribution is 0.0986. The Morgan fingerprint density at radius 2 is 2.06 bits per heavy atom. The topological polar surface area (TPSA) is 20.2 Å². The summed E-state index contributed by atoms with van der Waals surface area (Å²) in [6, 6.07) is 7.97. The Labute approximate surface area is 100 Å². The van der Waals surface area contributed by atoms with Crippen LogP contribution in [0.2, 0.25) is 0 Å². The number of aryl methyl sites for hydroxylation is 1. The Morgan fingerprint density at radius 1 is 1.44 bits per heavy atom. The Morgan fingerprint density at radius 3 is 2.62 bits per heavy atom. The second-order valence-electron chi connectivity index (χ2n) is 3.73. The highest BCUT2D eigenvalue weighted by Crippen LogP contribution is 2.21. The number of thioether (sulfide) groups is 1. The minimum Gasteiger partial charge on any atom is -0.389 e. The van der Waals surface area contributed by atoms with Crippen LogP contribution in [0.4, 0.5) is 4.39 Å². The first-order valence-electron chi connectivity index (χ1n) is 5.26. The van der Waals surface area contributed by atoms with E-state index in [9.17, 15) is 9.50 Å². The molecule has 0 saturated heterocycles. The highest BCUT2D eigenvalue weighted by atomic mass is 32.2. The van der Waals surface area contributed by atoms with Crippen LogP contribution in [-0.2, 0) is 0 Å². The maximum atomic E-state index is 13.2. The van der Waals surface area contributed by atoms with Crippen molar-refractivity contribution in [1.29, 1.82) is 0 Å². The van der Waals surface area contributed by atoms with Gasteiger partial charge in [-0.2, -0.15) is 0 Å². The average molecular weight is 240 g/mol. The molecule has 2 atom stereocenters. The quantitative estimate of drug-likeness (QED) is 0.608. The van der Waals surface area contributed by atoms with Crippen LogP contribution in [0.15, 0.2) is 41.8 Å². The number of hydrogen-bond donors (Lipinski definition) is 1. The molecule has 0 aliphatic rings. The number of hydrogen-bond acceptors (Lipinski definition) is 2. The maximum Gasteiger partial charge on any atom is 0.130 e. The molecule has 88 valence electrons. The molecule has 0 aromatic heterocycles. The molecule has 0 saturated carbocycles. The van der Waals surface area contributed by atoms with Crippen molar-refractivity contribution in [2.75, 3.05) is 5.75 Å². The summed E-state index contributed by atoms with van der Waals surface area (Å²) < 4.78 is 13.2. The van der Waals surface area contributed by atoms with Crippen molar-refractivity contribution in [3.63, 3.8) is 0 Å². The molecule has 1 rings (SSSR count). The van der Waals surface area contributed by atoms with Crippen molar-refractivity contribution < 1.29 is 9.50 Å². The van der Waals surface area contributed by atoms with Crippen LogP contribution in [0, 0.1) is 6.92 Å². The van der Waals surface area contributed by atoms with Gasteiger partial charge in [-0.15, -0.1) is 18.3 Å². The monoisotopic (exact) mass is 240 g/mol. The number of aliphatic hydroxyl groups is 1. The SMILES string of the molecule is C=CC[C@H](F)[C@H](O)CSc1ccc(C)cc1. The summed E-state index contributed by atoms with van der Waals surface area (Å²) in [5.41, 5.74) is 1.19. The molecule has 0 spiro atoms. The van der Waals surface area contributed by atoms with E-state index in [0.29, 0.717) is 5.75 Å². The Bertz CT molecular complexity index is 323. The van der Waals surface area contributed by atoms with Crippen molar-refractivity contribution in [3.05, 3.63) is 42.5 Å². The molecular weight excluding hydrogens is 223 g/mol. The number of allylic oxidation sites excluding steroid dienone is 1. The molecule has 0 heterocycles. The fraction of sp³-hybridized carbons (Fsp3) is 0.385. The van der Waals surface area contributed by atoms with Crippen LogP contribution in [0.25, 0.3) is 0 Å². The van der Waals surface area contributed by atoms with Gasteiger partial charge in [-0.05, 0) is 25.5 Å². The molecule has 0 aliphatic carbocycles. The third-order valence-electron chi connectivity index (χ3n) is 2.25. The molecule has 0 radical (unpaired) electrons. The third-order valence-corrected chi connectivity index (χ3v) is 3.36. The average Bonchev–Trinajstić information content (AvgIpc) is 2.28. The van der Waals surface area contributed by atoms with Crippen molar-refractivity contribution >= 4 is 11.8 Å². The van der Waals surface area contributed by atoms with Crippen LogP contribution < -0.4 is 0 Å². The van der Waals surface area contributed by atoms with E-state index in [1.165, 1.54) is 23.4 Å². The first-order chi connectivity index (χ1) is 7.63. The summed E-state index contributed by atoms with van der Waals surface area (Å²) in [7, 11) is 0. The molecule has 0 aliphatic heterocycles. The number of alkyl halides is 1. The number of aliphatic hydroxyl groups excluding tert-OH is 1. The van der Waals surface area contributed by atoms with E-state index in [1.54, 1.807) is 0 Å². The number of rotatable bonds is 6. The summed E-state index contributed by atoms with van der Waals surface area (Å²) in [5.74, 6) is 0.373. The first-order valence-corrected chi connectivity index (χ1v) is 6.24. The minimum atomic E-state index is -1.21. The lowest BCUT2D eigenvalue weighted by Gasteiger charge is -2.13. The Hall–Kier alpha value is -0.800. The molecule has 0 fully saturated rings. The zero-order chi connectivity index (χ0) is 12.0. The normalized spacial score (nSPS) is 14.4. The predicted molar refractivity (Wildman–Crippen MR) is 67.6 cm³/mol. The van der Waals surface area contributed by atoms with Gasteiger partial charge in [0.05, 0.1) is 6.10 Å². The maximum absolute atomic E-state index is 13.2. The van der Waals surface area contributed by atoms with Crippen molar-refractivity contribution in [3.8, 4) is 0 Å². The zero-order valence-electron chi connectivity index (χ0n) is 9.40. The van der Waals surface area contributed by atoms with Crippen molar-refractivity contribution in [1.82, 2.24) is 0 Å². The lowest BCUT2D eigenvalue weighted by Crippen LogP contribution is -2.23.